The maximum absolute atomic E-state index is 12.5. The van der Waals surface area contributed by atoms with Gasteiger partial charge in [0.15, 0.2) is 0 Å². The largest absolute Gasteiger partial charge is 0.447 e. The van der Waals surface area contributed by atoms with Crippen LogP contribution in [0, 0.1) is 0 Å². The molecule has 4 rings (SSSR count). The molecule has 29 heavy (non-hydrogen) atoms. The fourth-order valence-electron chi connectivity index (χ4n) is 4.99. The van der Waals surface area contributed by atoms with Gasteiger partial charge in [0.1, 0.15) is 12.1 Å². The molecule has 2 atom stereocenters. The minimum Gasteiger partial charge on any atom is -0.447 e. The second-order valence-corrected chi connectivity index (χ2v) is 8.37. The zero-order valence-electron chi connectivity index (χ0n) is 17.1. The average Bonchev–Trinajstić information content (AvgIpc) is 3.30. The molecule has 2 N–H and O–H groups in total. The quantitative estimate of drug-likeness (QED) is 0.795. The SMILES string of the molecule is CCNC(=O)N1CC[C@]2(COC(=O)N2)[C@H]1COC1CCC(c2ccccc2)CC1. The summed E-state index contributed by atoms with van der Waals surface area (Å²) >= 11 is 0. The number of nitrogens with zero attached hydrogens (tertiary/aromatic N) is 1. The van der Waals surface area contributed by atoms with Gasteiger partial charge in [0.05, 0.1) is 18.8 Å². The summed E-state index contributed by atoms with van der Waals surface area (Å²) in [5, 5.41) is 5.83. The van der Waals surface area contributed by atoms with Gasteiger partial charge in [-0.1, -0.05) is 30.3 Å². The molecule has 3 aliphatic rings. The Kier molecular flexibility index (Phi) is 5.94. The molecule has 1 aromatic carbocycles. The minimum atomic E-state index is -0.538. The van der Waals surface area contributed by atoms with Crippen molar-refractivity contribution in [1.82, 2.24) is 15.5 Å². The molecule has 0 unspecified atom stereocenters. The highest BCUT2D eigenvalue weighted by atomic mass is 16.6. The summed E-state index contributed by atoms with van der Waals surface area (Å²) in [6.45, 7) is 3.77. The smallest absolute Gasteiger partial charge is 0.407 e. The van der Waals surface area contributed by atoms with E-state index >= 15 is 0 Å². The molecule has 3 fully saturated rings. The van der Waals surface area contributed by atoms with Crippen LogP contribution in [0.5, 0.6) is 0 Å². The van der Waals surface area contributed by atoms with E-state index in [1.54, 1.807) is 4.90 Å². The highest BCUT2D eigenvalue weighted by molar-refractivity contribution is 5.76. The summed E-state index contributed by atoms with van der Waals surface area (Å²) in [5.74, 6) is 0.600. The summed E-state index contributed by atoms with van der Waals surface area (Å²) in [6, 6.07) is 10.4. The monoisotopic (exact) mass is 401 g/mol. The van der Waals surface area contributed by atoms with Crippen molar-refractivity contribution < 1.29 is 19.1 Å². The summed E-state index contributed by atoms with van der Waals surface area (Å²) in [6.07, 6.45) is 4.74. The number of cyclic esters (lactones) is 1. The van der Waals surface area contributed by atoms with Crippen LogP contribution in [0.1, 0.15) is 50.5 Å². The van der Waals surface area contributed by atoms with Crippen molar-refractivity contribution in [1.29, 1.82) is 0 Å². The third-order valence-corrected chi connectivity index (χ3v) is 6.65. The van der Waals surface area contributed by atoms with Crippen LogP contribution in [0.2, 0.25) is 0 Å². The first-order chi connectivity index (χ1) is 14.1. The molecule has 2 saturated heterocycles. The van der Waals surface area contributed by atoms with Gasteiger partial charge in [-0.05, 0) is 50.5 Å². The predicted molar refractivity (Wildman–Crippen MR) is 109 cm³/mol. The van der Waals surface area contributed by atoms with Gasteiger partial charge in [-0.2, -0.15) is 0 Å². The molecule has 1 spiro atoms. The topological polar surface area (TPSA) is 79.9 Å². The maximum Gasteiger partial charge on any atom is 0.407 e. The first kappa shape index (κ1) is 20.0. The molecule has 0 aromatic heterocycles. The van der Waals surface area contributed by atoms with Crippen LogP contribution in [0.25, 0.3) is 0 Å². The Morgan fingerprint density at radius 3 is 2.69 bits per heavy atom. The molecular formula is C22H31N3O4. The van der Waals surface area contributed by atoms with Crippen molar-refractivity contribution in [2.45, 2.75) is 62.6 Å². The van der Waals surface area contributed by atoms with E-state index in [9.17, 15) is 9.59 Å². The van der Waals surface area contributed by atoms with Crippen molar-refractivity contribution in [3.63, 3.8) is 0 Å². The summed E-state index contributed by atoms with van der Waals surface area (Å²) in [5.41, 5.74) is 0.873. The number of rotatable bonds is 5. The van der Waals surface area contributed by atoms with E-state index in [1.165, 1.54) is 5.56 Å². The fraction of sp³-hybridized carbons (Fsp3) is 0.636. The standard InChI is InChI=1S/C22H31N3O4/c1-2-23-20(26)25-13-12-22(15-29-21(27)24-22)19(25)14-28-18-10-8-17(9-11-18)16-6-4-3-5-7-16/h3-7,17-19H,2,8-15H2,1H3,(H,23,26)(H,24,27)/t17?,18?,19-,22+/m1/s1. The van der Waals surface area contributed by atoms with E-state index in [4.69, 9.17) is 9.47 Å². The highest BCUT2D eigenvalue weighted by Gasteiger charge is 2.54. The molecule has 3 amide bonds. The molecule has 158 valence electrons. The number of hydrogen-bond donors (Lipinski definition) is 2. The van der Waals surface area contributed by atoms with E-state index in [0.717, 1.165) is 25.7 Å². The lowest BCUT2D eigenvalue weighted by Crippen LogP contribution is -2.58. The van der Waals surface area contributed by atoms with Gasteiger partial charge in [-0.3, -0.25) is 0 Å². The van der Waals surface area contributed by atoms with Crippen LogP contribution < -0.4 is 10.6 Å². The molecule has 1 saturated carbocycles. The van der Waals surface area contributed by atoms with Crippen molar-refractivity contribution in [3.8, 4) is 0 Å². The zero-order valence-corrected chi connectivity index (χ0v) is 17.1. The van der Waals surface area contributed by atoms with Crippen molar-refractivity contribution in [3.05, 3.63) is 35.9 Å². The number of benzene rings is 1. The maximum atomic E-state index is 12.5. The van der Waals surface area contributed by atoms with Gasteiger partial charge < -0.3 is 25.0 Å². The van der Waals surface area contributed by atoms with Crippen molar-refractivity contribution in [2.75, 3.05) is 26.3 Å². The van der Waals surface area contributed by atoms with E-state index in [0.29, 0.717) is 32.0 Å². The lowest BCUT2D eigenvalue weighted by Gasteiger charge is -2.35. The predicted octanol–water partition coefficient (Wildman–Crippen LogP) is 3.01. The number of carbonyl (C=O) groups excluding carboxylic acids is 2. The van der Waals surface area contributed by atoms with Crippen LogP contribution in [-0.4, -0.2) is 61.0 Å². The first-order valence-corrected chi connectivity index (χ1v) is 10.8. The summed E-state index contributed by atoms with van der Waals surface area (Å²) in [4.78, 5) is 26.1. The van der Waals surface area contributed by atoms with Crippen LogP contribution in [0.4, 0.5) is 9.59 Å². The Morgan fingerprint density at radius 1 is 1.28 bits per heavy atom. The highest BCUT2D eigenvalue weighted by Crippen LogP contribution is 2.36. The second kappa shape index (κ2) is 8.61. The lowest BCUT2D eigenvalue weighted by atomic mass is 9.82. The Labute approximate surface area is 172 Å². The van der Waals surface area contributed by atoms with E-state index in [1.807, 2.05) is 6.92 Å². The Balaban J connectivity index is 1.36. The molecule has 1 aromatic rings. The molecule has 7 nitrogen and oxygen atoms in total. The van der Waals surface area contributed by atoms with Gasteiger partial charge in [0.2, 0.25) is 0 Å². The van der Waals surface area contributed by atoms with Gasteiger partial charge in [-0.25, -0.2) is 9.59 Å². The molecule has 1 aliphatic carbocycles. The van der Waals surface area contributed by atoms with Gasteiger partial charge >= 0.3 is 12.1 Å². The number of urea groups is 1. The van der Waals surface area contributed by atoms with E-state index in [2.05, 4.69) is 41.0 Å². The van der Waals surface area contributed by atoms with Crippen LogP contribution in [0.15, 0.2) is 30.3 Å². The van der Waals surface area contributed by atoms with Gasteiger partial charge in [-0.15, -0.1) is 0 Å². The molecule has 2 aliphatic heterocycles. The number of alkyl carbamates (subject to hydrolysis) is 1. The van der Waals surface area contributed by atoms with E-state index < -0.39 is 11.6 Å². The van der Waals surface area contributed by atoms with Crippen LogP contribution >= 0.6 is 0 Å². The number of likely N-dealkylation sites (tertiary alicyclic amines) is 1. The fourth-order valence-corrected chi connectivity index (χ4v) is 4.99. The Hall–Kier alpha value is -2.28. The van der Waals surface area contributed by atoms with Gasteiger partial charge in [0.25, 0.3) is 0 Å². The van der Waals surface area contributed by atoms with Crippen molar-refractivity contribution >= 4 is 12.1 Å². The Morgan fingerprint density at radius 2 is 2.03 bits per heavy atom. The normalized spacial score (nSPS) is 31.6. The van der Waals surface area contributed by atoms with E-state index in [-0.39, 0.29) is 24.8 Å². The number of hydrogen-bond acceptors (Lipinski definition) is 4. The average molecular weight is 402 g/mol. The third-order valence-electron chi connectivity index (χ3n) is 6.65. The zero-order chi connectivity index (χ0) is 20.3. The molecule has 0 radical (unpaired) electrons. The van der Waals surface area contributed by atoms with Crippen molar-refractivity contribution in [2.24, 2.45) is 0 Å². The number of amides is 3. The Bertz CT molecular complexity index is 720. The van der Waals surface area contributed by atoms with Gasteiger partial charge in [0, 0.05) is 13.1 Å². The summed E-state index contributed by atoms with van der Waals surface area (Å²) < 4.78 is 11.5. The first-order valence-electron chi connectivity index (χ1n) is 10.8. The van der Waals surface area contributed by atoms with Crippen LogP contribution in [-0.2, 0) is 9.47 Å². The number of nitrogens with one attached hydrogen (secondary N) is 2. The number of carbonyl (C=O) groups is 2. The molecule has 7 heteroatoms. The number of ether oxygens (including phenoxy) is 2. The minimum absolute atomic E-state index is 0.105. The second-order valence-electron chi connectivity index (χ2n) is 8.37. The third kappa shape index (κ3) is 4.20. The molecule has 2 heterocycles. The molecular weight excluding hydrogens is 370 g/mol. The lowest BCUT2D eigenvalue weighted by molar-refractivity contribution is -0.0107. The molecule has 0 bridgehead atoms. The summed E-state index contributed by atoms with van der Waals surface area (Å²) in [7, 11) is 0. The van der Waals surface area contributed by atoms with Crippen LogP contribution in [0.3, 0.4) is 0 Å².